The topological polar surface area (TPSA) is 117 Å². The molecule has 0 saturated carbocycles. The number of rotatable bonds is 5. The number of nitrogen functional groups attached to an aromatic ring is 1. The van der Waals surface area contributed by atoms with Gasteiger partial charge >= 0.3 is 6.18 Å². The van der Waals surface area contributed by atoms with Crippen molar-refractivity contribution in [2.45, 2.75) is 12.7 Å². The molecule has 2 aromatic heterocycles. The molecule has 3 aromatic rings. The van der Waals surface area contributed by atoms with Gasteiger partial charge in [0.25, 0.3) is 0 Å². The van der Waals surface area contributed by atoms with E-state index in [9.17, 15) is 23.7 Å². The van der Waals surface area contributed by atoms with Gasteiger partial charge in [-0.1, -0.05) is 12.1 Å². The molecular weight excluding hydrogens is 447 g/mol. The molecule has 1 aromatic carbocycles. The van der Waals surface area contributed by atoms with Crippen LogP contribution >= 0.6 is 0 Å². The van der Waals surface area contributed by atoms with Crippen LogP contribution < -0.4 is 5.73 Å². The largest absolute Gasteiger partial charge is 0.416 e. The smallest absolute Gasteiger partial charge is 0.383 e. The van der Waals surface area contributed by atoms with Gasteiger partial charge in [0.05, 0.1) is 42.8 Å². The molecule has 4 rings (SSSR count). The van der Waals surface area contributed by atoms with Crippen LogP contribution in [0, 0.1) is 22.7 Å². The summed E-state index contributed by atoms with van der Waals surface area (Å²) >= 11 is 0. The van der Waals surface area contributed by atoms with Crippen molar-refractivity contribution in [2.24, 2.45) is 0 Å². The normalized spacial score (nSPS) is 14.5. The highest BCUT2D eigenvalue weighted by molar-refractivity contribution is 5.86. The Labute approximate surface area is 193 Å². The third-order valence-electron chi connectivity index (χ3n) is 5.61. The number of morpholine rings is 1. The van der Waals surface area contributed by atoms with Crippen LogP contribution in [-0.2, 0) is 17.5 Å². The van der Waals surface area contributed by atoms with Gasteiger partial charge in [0, 0.05) is 37.0 Å². The Morgan fingerprint density at radius 1 is 1.00 bits per heavy atom. The van der Waals surface area contributed by atoms with Gasteiger partial charge in [-0.25, -0.2) is 4.98 Å². The van der Waals surface area contributed by atoms with E-state index in [0.717, 1.165) is 31.8 Å². The average molecular weight is 467 g/mol. The number of pyridine rings is 1. The highest BCUT2D eigenvalue weighted by Gasteiger charge is 2.30. The van der Waals surface area contributed by atoms with E-state index in [1.807, 2.05) is 6.07 Å². The molecule has 1 aliphatic rings. The minimum absolute atomic E-state index is 0.0400. The Bertz CT molecular complexity index is 1260. The number of anilines is 1. The van der Waals surface area contributed by atoms with Crippen LogP contribution in [0.25, 0.3) is 22.4 Å². The number of nitriles is 2. The summed E-state index contributed by atoms with van der Waals surface area (Å²) in [5.74, 6) is -0.118. The Morgan fingerprint density at radius 3 is 2.29 bits per heavy atom. The first-order valence-electron chi connectivity index (χ1n) is 10.5. The zero-order valence-corrected chi connectivity index (χ0v) is 18.0. The number of halogens is 3. The second-order valence-corrected chi connectivity index (χ2v) is 7.72. The van der Waals surface area contributed by atoms with Gasteiger partial charge < -0.3 is 10.5 Å². The highest BCUT2D eigenvalue weighted by atomic mass is 19.4. The first-order valence-corrected chi connectivity index (χ1v) is 10.5. The maximum atomic E-state index is 13.0. The Hall–Kier alpha value is -3.93. The number of ether oxygens (including phenoxy) is 1. The second-order valence-electron chi connectivity index (χ2n) is 7.72. The summed E-state index contributed by atoms with van der Waals surface area (Å²) in [6.45, 7) is 4.46. The zero-order chi connectivity index (χ0) is 24.3. The van der Waals surface area contributed by atoms with Gasteiger partial charge in [-0.3, -0.25) is 9.58 Å². The van der Waals surface area contributed by atoms with E-state index in [4.69, 9.17) is 10.5 Å². The lowest BCUT2D eigenvalue weighted by Crippen LogP contribution is -2.38. The predicted molar refractivity (Wildman–Crippen MR) is 117 cm³/mol. The fraction of sp³-hybridized carbons (Fsp3) is 0.304. The van der Waals surface area contributed by atoms with Gasteiger partial charge in [-0.15, -0.1) is 0 Å². The molecule has 0 amide bonds. The van der Waals surface area contributed by atoms with Crippen molar-refractivity contribution in [1.29, 1.82) is 10.5 Å². The quantitative estimate of drug-likeness (QED) is 0.612. The number of nitrogens with two attached hydrogens (primary N) is 1. The van der Waals surface area contributed by atoms with E-state index in [0.29, 0.717) is 25.3 Å². The molecule has 8 nitrogen and oxygen atoms in total. The third-order valence-corrected chi connectivity index (χ3v) is 5.61. The van der Waals surface area contributed by atoms with Crippen molar-refractivity contribution in [1.82, 2.24) is 19.7 Å². The maximum Gasteiger partial charge on any atom is 0.416 e. The molecule has 1 aliphatic heterocycles. The molecule has 0 unspecified atom stereocenters. The van der Waals surface area contributed by atoms with Crippen LogP contribution in [-0.4, -0.2) is 52.5 Å². The zero-order valence-electron chi connectivity index (χ0n) is 18.0. The summed E-state index contributed by atoms with van der Waals surface area (Å²) in [5.41, 5.74) is 6.29. The summed E-state index contributed by atoms with van der Waals surface area (Å²) in [5, 5.41) is 23.9. The van der Waals surface area contributed by atoms with Crippen LogP contribution in [0.5, 0.6) is 0 Å². The number of hydrogen-bond donors (Lipinski definition) is 1. The molecule has 174 valence electrons. The van der Waals surface area contributed by atoms with Crippen LogP contribution in [0.4, 0.5) is 19.0 Å². The predicted octanol–water partition coefficient (Wildman–Crippen LogP) is 3.29. The first-order chi connectivity index (χ1) is 16.3. The summed E-state index contributed by atoms with van der Waals surface area (Å²) in [7, 11) is 0. The SMILES string of the molecule is N#Cc1c(N)nc(-c2cnn(CCN3CCOCC3)c2)c(C#N)c1-c1ccc(C(F)(F)F)cc1. The minimum atomic E-state index is -4.51. The van der Waals surface area contributed by atoms with Crippen molar-refractivity contribution in [3.63, 3.8) is 0 Å². The van der Waals surface area contributed by atoms with Gasteiger partial charge in [0.15, 0.2) is 0 Å². The van der Waals surface area contributed by atoms with E-state index in [1.165, 1.54) is 12.1 Å². The molecule has 34 heavy (non-hydrogen) atoms. The fourth-order valence-corrected chi connectivity index (χ4v) is 3.83. The van der Waals surface area contributed by atoms with Crippen molar-refractivity contribution >= 4 is 5.82 Å². The van der Waals surface area contributed by atoms with Crippen LogP contribution in [0.3, 0.4) is 0 Å². The van der Waals surface area contributed by atoms with Crippen LogP contribution in [0.15, 0.2) is 36.7 Å². The molecule has 0 radical (unpaired) electrons. The standard InChI is InChI=1S/C23H20F3N7O/c24-23(25,26)17-3-1-15(2-4-17)20-18(11-27)21(31-22(29)19(20)12-28)16-13-30-33(14-16)6-5-32-7-9-34-10-8-32/h1-4,13-14H,5-10H2,(H2,29,31). The number of aromatic nitrogens is 3. The van der Waals surface area contributed by atoms with E-state index < -0.39 is 11.7 Å². The average Bonchev–Trinajstić information content (AvgIpc) is 3.31. The van der Waals surface area contributed by atoms with Crippen molar-refractivity contribution in [3.05, 3.63) is 53.3 Å². The fourth-order valence-electron chi connectivity index (χ4n) is 3.83. The lowest BCUT2D eigenvalue weighted by molar-refractivity contribution is -0.137. The molecule has 0 spiro atoms. The summed E-state index contributed by atoms with van der Waals surface area (Å²) in [6.07, 6.45) is -1.23. The lowest BCUT2D eigenvalue weighted by Gasteiger charge is -2.26. The maximum absolute atomic E-state index is 13.0. The second kappa shape index (κ2) is 9.51. The summed E-state index contributed by atoms with van der Waals surface area (Å²) in [6, 6.07) is 8.21. The number of alkyl halides is 3. The van der Waals surface area contributed by atoms with E-state index >= 15 is 0 Å². The Balaban J connectivity index is 1.71. The summed E-state index contributed by atoms with van der Waals surface area (Å²) < 4.78 is 46.0. The molecule has 0 aliphatic carbocycles. The van der Waals surface area contributed by atoms with Gasteiger partial charge in [-0.05, 0) is 17.7 Å². The van der Waals surface area contributed by atoms with Crippen LogP contribution in [0.1, 0.15) is 16.7 Å². The van der Waals surface area contributed by atoms with E-state index in [1.54, 1.807) is 17.1 Å². The summed E-state index contributed by atoms with van der Waals surface area (Å²) in [4.78, 5) is 6.52. The Kier molecular flexibility index (Phi) is 6.50. The monoisotopic (exact) mass is 467 g/mol. The van der Waals surface area contributed by atoms with Crippen molar-refractivity contribution in [3.8, 4) is 34.5 Å². The minimum Gasteiger partial charge on any atom is -0.383 e. The Morgan fingerprint density at radius 2 is 1.68 bits per heavy atom. The number of hydrogen-bond acceptors (Lipinski definition) is 7. The highest BCUT2D eigenvalue weighted by Crippen LogP contribution is 2.37. The molecule has 11 heteroatoms. The molecule has 2 N–H and O–H groups in total. The van der Waals surface area contributed by atoms with Gasteiger partial charge in [0.2, 0.25) is 0 Å². The first kappa shape index (κ1) is 23.2. The molecule has 1 fully saturated rings. The molecule has 0 atom stereocenters. The van der Waals surface area contributed by atoms with Gasteiger partial charge in [0.1, 0.15) is 23.5 Å². The van der Waals surface area contributed by atoms with Gasteiger partial charge in [-0.2, -0.15) is 28.8 Å². The molecule has 1 saturated heterocycles. The number of benzene rings is 1. The van der Waals surface area contributed by atoms with E-state index in [-0.39, 0.29) is 33.8 Å². The van der Waals surface area contributed by atoms with Crippen LogP contribution in [0.2, 0.25) is 0 Å². The molecular formula is C23H20F3N7O. The van der Waals surface area contributed by atoms with Crippen molar-refractivity contribution < 1.29 is 17.9 Å². The third kappa shape index (κ3) is 4.71. The van der Waals surface area contributed by atoms with Crippen molar-refractivity contribution in [2.75, 3.05) is 38.6 Å². The molecule has 0 bridgehead atoms. The number of nitrogens with zero attached hydrogens (tertiary/aromatic N) is 6. The molecule has 3 heterocycles. The lowest BCUT2D eigenvalue weighted by atomic mass is 9.92. The van der Waals surface area contributed by atoms with E-state index in [2.05, 4.69) is 21.1 Å².